The average Bonchev–Trinajstić information content (AvgIpc) is 3.01. The number of thiazole rings is 1. The second-order valence-electron chi connectivity index (χ2n) is 6.74. The third-order valence-corrected chi connectivity index (χ3v) is 5.45. The molecule has 26 heavy (non-hydrogen) atoms. The molecule has 0 aliphatic rings. The molecule has 4 nitrogen and oxygen atoms in total. The first-order valence-corrected chi connectivity index (χ1v) is 9.87. The van der Waals surface area contributed by atoms with Crippen LogP contribution in [0, 0.1) is 6.92 Å². The Morgan fingerprint density at radius 2 is 1.92 bits per heavy atom. The summed E-state index contributed by atoms with van der Waals surface area (Å²) in [5.41, 5.74) is 2.69. The lowest BCUT2D eigenvalue weighted by Gasteiger charge is -2.20. The number of carbonyl (C=O) groups is 1. The van der Waals surface area contributed by atoms with Crippen molar-refractivity contribution in [3.63, 3.8) is 0 Å². The summed E-state index contributed by atoms with van der Waals surface area (Å²) in [5.74, 6) is -0.0103. The van der Waals surface area contributed by atoms with E-state index in [1.807, 2.05) is 49.4 Å². The van der Waals surface area contributed by atoms with Gasteiger partial charge in [-0.3, -0.25) is 9.69 Å². The second-order valence-corrected chi connectivity index (χ2v) is 8.19. The Kier molecular flexibility index (Phi) is 5.91. The predicted molar refractivity (Wildman–Crippen MR) is 110 cm³/mol. The van der Waals surface area contributed by atoms with Crippen molar-refractivity contribution in [3.05, 3.63) is 58.6 Å². The van der Waals surface area contributed by atoms with Crippen LogP contribution in [-0.4, -0.2) is 38.1 Å². The van der Waals surface area contributed by atoms with Crippen molar-refractivity contribution in [2.24, 2.45) is 0 Å². The molecule has 0 saturated carbocycles. The molecule has 0 spiro atoms. The number of carbonyl (C=O) groups excluding carboxylic acids is 1. The van der Waals surface area contributed by atoms with Crippen molar-refractivity contribution < 1.29 is 9.69 Å². The minimum absolute atomic E-state index is 0.0103. The van der Waals surface area contributed by atoms with E-state index < -0.39 is 0 Å². The number of rotatable bonds is 6. The van der Waals surface area contributed by atoms with E-state index in [-0.39, 0.29) is 5.91 Å². The lowest BCUT2D eigenvalue weighted by Crippen LogP contribution is -3.05. The molecule has 3 rings (SSSR count). The summed E-state index contributed by atoms with van der Waals surface area (Å²) in [6.45, 7) is 3.66. The number of halogens is 1. The molecule has 0 fully saturated rings. The lowest BCUT2D eigenvalue weighted by molar-refractivity contribution is -0.858. The lowest BCUT2D eigenvalue weighted by atomic mass is 10.1. The second kappa shape index (κ2) is 8.16. The largest absolute Gasteiger partial charge is 0.340 e. The van der Waals surface area contributed by atoms with Gasteiger partial charge < -0.3 is 4.90 Å². The van der Waals surface area contributed by atoms with Crippen LogP contribution in [0.3, 0.4) is 0 Å². The van der Waals surface area contributed by atoms with Crippen molar-refractivity contribution in [2.75, 3.05) is 32.1 Å². The van der Waals surface area contributed by atoms with Crippen LogP contribution in [0.2, 0.25) is 5.02 Å². The Hall–Kier alpha value is -1.95. The first kappa shape index (κ1) is 18.8. The summed E-state index contributed by atoms with van der Waals surface area (Å²) >= 11 is 7.60. The topological polar surface area (TPSA) is 37.6 Å². The fourth-order valence-corrected chi connectivity index (χ4v) is 3.99. The van der Waals surface area contributed by atoms with Crippen molar-refractivity contribution in [1.82, 2.24) is 4.98 Å². The van der Waals surface area contributed by atoms with Crippen molar-refractivity contribution in [1.29, 1.82) is 0 Å². The molecule has 2 aromatic carbocycles. The van der Waals surface area contributed by atoms with Crippen LogP contribution in [-0.2, 0) is 0 Å². The number of quaternary nitrogens is 1. The molecule has 3 aromatic rings. The Labute approximate surface area is 163 Å². The van der Waals surface area contributed by atoms with Crippen LogP contribution in [0.4, 0.5) is 5.13 Å². The van der Waals surface area contributed by atoms with E-state index in [2.05, 4.69) is 19.1 Å². The van der Waals surface area contributed by atoms with Gasteiger partial charge in [0.15, 0.2) is 5.13 Å². The first-order chi connectivity index (χ1) is 12.4. The summed E-state index contributed by atoms with van der Waals surface area (Å²) in [6.07, 6.45) is 0.913. The van der Waals surface area contributed by atoms with Gasteiger partial charge in [0.2, 0.25) is 0 Å². The van der Waals surface area contributed by atoms with E-state index in [1.54, 1.807) is 4.90 Å². The van der Waals surface area contributed by atoms with E-state index in [4.69, 9.17) is 11.6 Å². The maximum atomic E-state index is 13.1. The summed E-state index contributed by atoms with van der Waals surface area (Å²) in [4.78, 5) is 21.0. The van der Waals surface area contributed by atoms with Gasteiger partial charge in [-0.1, -0.05) is 40.6 Å². The molecule has 1 heterocycles. The molecule has 0 bridgehead atoms. The summed E-state index contributed by atoms with van der Waals surface area (Å²) < 4.78 is 0.993. The molecular formula is C20H23ClN3OS+. The number of aromatic nitrogens is 1. The molecule has 0 unspecified atom stereocenters. The van der Waals surface area contributed by atoms with Crippen LogP contribution < -0.4 is 9.80 Å². The Morgan fingerprint density at radius 1 is 1.19 bits per heavy atom. The number of aryl methyl sites for hydroxylation is 1. The monoisotopic (exact) mass is 388 g/mol. The van der Waals surface area contributed by atoms with Crippen LogP contribution >= 0.6 is 22.9 Å². The molecule has 0 aliphatic heterocycles. The quantitative estimate of drug-likeness (QED) is 0.702. The number of benzene rings is 2. The van der Waals surface area contributed by atoms with Gasteiger partial charge in [0.05, 0.1) is 30.9 Å². The standard InChI is InChI=1S/C20H22ClN3OS/c1-14-5-7-15(8-6-14)19(25)24(12-4-11-23(2)3)20-22-17-10-9-16(21)13-18(17)26-20/h5-10,13H,4,11-12H2,1-3H3/p+1. The zero-order chi connectivity index (χ0) is 18.7. The Bertz CT molecular complexity index is 905. The number of hydrogen-bond donors (Lipinski definition) is 1. The first-order valence-electron chi connectivity index (χ1n) is 8.67. The summed E-state index contributed by atoms with van der Waals surface area (Å²) in [7, 11) is 4.23. The zero-order valence-corrected chi connectivity index (χ0v) is 16.8. The van der Waals surface area contributed by atoms with Gasteiger partial charge in [0, 0.05) is 23.6 Å². The maximum absolute atomic E-state index is 13.1. The van der Waals surface area contributed by atoms with Crippen LogP contribution in [0.25, 0.3) is 10.2 Å². The van der Waals surface area contributed by atoms with Gasteiger partial charge in [-0.05, 0) is 37.3 Å². The molecule has 0 saturated heterocycles. The van der Waals surface area contributed by atoms with Gasteiger partial charge >= 0.3 is 0 Å². The third-order valence-electron chi connectivity index (χ3n) is 4.17. The Morgan fingerprint density at radius 3 is 2.62 bits per heavy atom. The molecule has 1 aromatic heterocycles. The highest BCUT2D eigenvalue weighted by molar-refractivity contribution is 7.22. The van der Waals surface area contributed by atoms with E-state index in [9.17, 15) is 4.79 Å². The number of fused-ring (bicyclic) bond motifs is 1. The highest BCUT2D eigenvalue weighted by atomic mass is 35.5. The molecule has 136 valence electrons. The molecule has 1 N–H and O–H groups in total. The van der Waals surface area contributed by atoms with Crippen LogP contribution in [0.1, 0.15) is 22.3 Å². The molecular weight excluding hydrogens is 366 g/mol. The van der Waals surface area contributed by atoms with Crippen molar-refractivity contribution in [3.8, 4) is 0 Å². The number of amides is 1. The van der Waals surface area contributed by atoms with Gasteiger partial charge in [0.1, 0.15) is 0 Å². The molecule has 1 amide bonds. The SMILES string of the molecule is Cc1ccc(C(=O)N(CCC[NH+](C)C)c2nc3ccc(Cl)cc3s2)cc1. The Balaban J connectivity index is 1.92. The number of nitrogens with zero attached hydrogens (tertiary/aromatic N) is 2. The average molecular weight is 389 g/mol. The fourth-order valence-electron chi connectivity index (χ4n) is 2.73. The van der Waals surface area contributed by atoms with E-state index in [0.29, 0.717) is 17.1 Å². The molecule has 0 radical (unpaired) electrons. The fraction of sp³-hybridized carbons (Fsp3) is 0.300. The van der Waals surface area contributed by atoms with E-state index in [0.717, 1.165) is 33.9 Å². The van der Waals surface area contributed by atoms with E-state index >= 15 is 0 Å². The number of nitrogens with one attached hydrogen (secondary N) is 1. The van der Waals surface area contributed by atoms with Crippen molar-refractivity contribution >= 4 is 44.2 Å². The normalized spacial score (nSPS) is 11.3. The van der Waals surface area contributed by atoms with Crippen LogP contribution in [0.5, 0.6) is 0 Å². The highest BCUT2D eigenvalue weighted by Gasteiger charge is 2.21. The van der Waals surface area contributed by atoms with Gasteiger partial charge in [-0.2, -0.15) is 0 Å². The maximum Gasteiger partial charge on any atom is 0.260 e. The smallest absolute Gasteiger partial charge is 0.260 e. The highest BCUT2D eigenvalue weighted by Crippen LogP contribution is 2.31. The number of anilines is 1. The molecule has 6 heteroatoms. The molecule has 0 aliphatic carbocycles. The van der Waals surface area contributed by atoms with Crippen molar-refractivity contribution in [2.45, 2.75) is 13.3 Å². The summed E-state index contributed by atoms with van der Waals surface area (Å²) in [5, 5.41) is 1.40. The van der Waals surface area contributed by atoms with Gasteiger partial charge in [0.25, 0.3) is 5.91 Å². The zero-order valence-electron chi connectivity index (χ0n) is 15.3. The van der Waals surface area contributed by atoms with E-state index in [1.165, 1.54) is 16.2 Å². The van der Waals surface area contributed by atoms with Gasteiger partial charge in [-0.25, -0.2) is 4.98 Å². The third kappa shape index (κ3) is 4.41. The summed E-state index contributed by atoms with van der Waals surface area (Å²) in [6, 6.07) is 13.3. The minimum Gasteiger partial charge on any atom is -0.340 e. The molecule has 0 atom stereocenters. The minimum atomic E-state index is -0.0103. The van der Waals surface area contributed by atoms with Crippen LogP contribution in [0.15, 0.2) is 42.5 Å². The van der Waals surface area contributed by atoms with Gasteiger partial charge in [-0.15, -0.1) is 0 Å². The number of hydrogen-bond acceptors (Lipinski definition) is 3. The predicted octanol–water partition coefficient (Wildman–Crippen LogP) is 3.44.